The highest BCUT2D eigenvalue weighted by Crippen LogP contribution is 2.32. The van der Waals surface area contributed by atoms with Gasteiger partial charge < -0.3 is 9.64 Å². The second-order valence-electron chi connectivity index (χ2n) is 9.09. The van der Waals surface area contributed by atoms with E-state index in [0.29, 0.717) is 13.1 Å². The fourth-order valence-corrected chi connectivity index (χ4v) is 4.63. The molecule has 0 spiro atoms. The fraction of sp³-hybridized carbons (Fsp3) is 0.789. The Hall–Kier alpha value is -2.16. The minimum absolute atomic E-state index is 0.00283. The highest BCUT2D eigenvalue weighted by atomic mass is 16.6. The number of carbonyl (C=O) groups is 2. The molecule has 4 heterocycles. The van der Waals surface area contributed by atoms with Gasteiger partial charge in [0, 0.05) is 32.6 Å². The summed E-state index contributed by atoms with van der Waals surface area (Å²) in [7, 11) is 0. The minimum atomic E-state index is -0.218. The van der Waals surface area contributed by atoms with Crippen molar-refractivity contribution in [3.8, 4) is 0 Å². The number of likely N-dealkylation sites (tertiary alicyclic amines) is 2. The molecule has 9 nitrogen and oxygen atoms in total. The highest BCUT2D eigenvalue weighted by molar-refractivity contribution is 5.76. The monoisotopic (exact) mass is 390 g/mol. The number of amides is 2. The first kappa shape index (κ1) is 19.2. The number of piperidine rings is 1. The molecule has 154 valence electrons. The molecule has 0 N–H and O–H groups in total. The normalized spacial score (nSPS) is 26.6. The molecule has 0 unspecified atom stereocenters. The second kappa shape index (κ2) is 7.02. The van der Waals surface area contributed by atoms with Crippen molar-refractivity contribution >= 4 is 12.0 Å². The van der Waals surface area contributed by atoms with Crippen LogP contribution in [0.15, 0.2) is 6.33 Å². The zero-order valence-electron chi connectivity index (χ0n) is 17.2. The Morgan fingerprint density at radius 2 is 1.96 bits per heavy atom. The SMILES string of the molecule is CC(=O)N1C[C@@H]2OC(=O)N(C3CCN(Cc4ncnn4C(C)(C)C)CC3)[C@@H]2C1. The summed E-state index contributed by atoms with van der Waals surface area (Å²) in [5.74, 6) is 1.02. The summed E-state index contributed by atoms with van der Waals surface area (Å²) in [5, 5.41) is 4.38. The summed E-state index contributed by atoms with van der Waals surface area (Å²) in [4.78, 5) is 34.6. The van der Waals surface area contributed by atoms with E-state index in [2.05, 4.69) is 35.8 Å². The minimum Gasteiger partial charge on any atom is -0.442 e. The topological polar surface area (TPSA) is 83.8 Å². The van der Waals surface area contributed by atoms with Crippen molar-refractivity contribution < 1.29 is 14.3 Å². The first-order valence-corrected chi connectivity index (χ1v) is 10.1. The third kappa shape index (κ3) is 3.47. The predicted octanol–water partition coefficient (Wildman–Crippen LogP) is 1.05. The molecule has 9 heteroatoms. The summed E-state index contributed by atoms with van der Waals surface area (Å²) in [6.45, 7) is 11.6. The van der Waals surface area contributed by atoms with E-state index in [4.69, 9.17) is 4.74 Å². The zero-order chi connectivity index (χ0) is 20.1. The van der Waals surface area contributed by atoms with E-state index in [-0.39, 0.29) is 35.7 Å². The van der Waals surface area contributed by atoms with E-state index < -0.39 is 0 Å². The van der Waals surface area contributed by atoms with E-state index in [0.717, 1.165) is 38.3 Å². The van der Waals surface area contributed by atoms with Gasteiger partial charge in [0.25, 0.3) is 0 Å². The summed E-state index contributed by atoms with van der Waals surface area (Å²) >= 11 is 0. The van der Waals surface area contributed by atoms with Crippen molar-refractivity contribution in [1.29, 1.82) is 0 Å². The summed E-state index contributed by atoms with van der Waals surface area (Å²) in [6.07, 6.45) is 3.03. The summed E-state index contributed by atoms with van der Waals surface area (Å²) < 4.78 is 7.54. The van der Waals surface area contributed by atoms with E-state index >= 15 is 0 Å². The predicted molar refractivity (Wildman–Crippen MR) is 101 cm³/mol. The molecule has 0 saturated carbocycles. The molecule has 0 aromatic carbocycles. The molecule has 3 aliphatic rings. The first-order valence-electron chi connectivity index (χ1n) is 10.1. The van der Waals surface area contributed by atoms with E-state index in [1.54, 1.807) is 18.2 Å². The highest BCUT2D eigenvalue weighted by Gasteiger charge is 2.50. The van der Waals surface area contributed by atoms with Crippen LogP contribution in [0.5, 0.6) is 0 Å². The van der Waals surface area contributed by atoms with Gasteiger partial charge in [-0.1, -0.05) is 0 Å². The molecule has 3 saturated heterocycles. The molecule has 3 fully saturated rings. The van der Waals surface area contributed by atoms with Crippen LogP contribution in [0.2, 0.25) is 0 Å². The van der Waals surface area contributed by atoms with Gasteiger partial charge in [0.2, 0.25) is 5.91 Å². The molecular formula is C19H30N6O3. The quantitative estimate of drug-likeness (QED) is 0.767. The van der Waals surface area contributed by atoms with Gasteiger partial charge in [0.15, 0.2) is 0 Å². The molecule has 0 aliphatic carbocycles. The number of fused-ring (bicyclic) bond motifs is 1. The van der Waals surface area contributed by atoms with Gasteiger partial charge in [-0.25, -0.2) is 14.5 Å². The fourth-order valence-electron chi connectivity index (χ4n) is 4.63. The molecule has 4 rings (SSSR count). The molecular weight excluding hydrogens is 360 g/mol. The number of ether oxygens (including phenoxy) is 1. The van der Waals surface area contributed by atoms with Crippen molar-refractivity contribution in [1.82, 2.24) is 29.5 Å². The first-order chi connectivity index (χ1) is 13.2. The lowest BCUT2D eigenvalue weighted by molar-refractivity contribution is -0.128. The van der Waals surface area contributed by atoms with Crippen LogP contribution in [0, 0.1) is 0 Å². The van der Waals surface area contributed by atoms with Crippen LogP contribution in [0.1, 0.15) is 46.4 Å². The van der Waals surface area contributed by atoms with Gasteiger partial charge >= 0.3 is 6.09 Å². The molecule has 1 aromatic heterocycles. The molecule has 3 aliphatic heterocycles. The lowest BCUT2D eigenvalue weighted by atomic mass is 10.0. The number of aromatic nitrogens is 3. The van der Waals surface area contributed by atoms with Crippen LogP contribution in [-0.4, -0.2) is 85.8 Å². The number of nitrogens with zero attached hydrogens (tertiary/aromatic N) is 6. The van der Waals surface area contributed by atoms with Crippen molar-refractivity contribution in [3.63, 3.8) is 0 Å². The second-order valence-corrected chi connectivity index (χ2v) is 9.09. The lowest BCUT2D eigenvalue weighted by Gasteiger charge is -2.37. The number of carbonyl (C=O) groups excluding carboxylic acids is 2. The lowest BCUT2D eigenvalue weighted by Crippen LogP contribution is -2.50. The van der Waals surface area contributed by atoms with Crippen LogP contribution >= 0.6 is 0 Å². The Bertz CT molecular complexity index is 749. The van der Waals surface area contributed by atoms with Gasteiger partial charge in [-0.2, -0.15) is 5.10 Å². The number of hydrogen-bond acceptors (Lipinski definition) is 6. The Morgan fingerprint density at radius 1 is 1.25 bits per heavy atom. The summed E-state index contributed by atoms with van der Waals surface area (Å²) in [6, 6.07) is 0.170. The zero-order valence-corrected chi connectivity index (χ0v) is 17.2. The van der Waals surface area contributed by atoms with E-state index in [1.807, 2.05) is 9.58 Å². The Balaban J connectivity index is 1.36. The van der Waals surface area contributed by atoms with Gasteiger partial charge in [-0.3, -0.25) is 14.6 Å². The Labute approximate surface area is 165 Å². The maximum Gasteiger partial charge on any atom is 0.410 e. The number of rotatable bonds is 3. The van der Waals surface area contributed by atoms with Crippen molar-refractivity contribution in [2.24, 2.45) is 0 Å². The molecule has 0 bridgehead atoms. The Kier molecular flexibility index (Phi) is 4.81. The van der Waals surface area contributed by atoms with E-state index in [1.165, 1.54) is 0 Å². The molecule has 28 heavy (non-hydrogen) atoms. The molecule has 2 amide bonds. The maximum absolute atomic E-state index is 12.4. The largest absolute Gasteiger partial charge is 0.442 e. The van der Waals surface area contributed by atoms with Crippen molar-refractivity contribution in [3.05, 3.63) is 12.2 Å². The van der Waals surface area contributed by atoms with Gasteiger partial charge in [-0.15, -0.1) is 0 Å². The van der Waals surface area contributed by atoms with Crippen molar-refractivity contribution in [2.75, 3.05) is 26.2 Å². The number of hydrogen-bond donors (Lipinski definition) is 0. The summed E-state index contributed by atoms with van der Waals surface area (Å²) in [5.41, 5.74) is -0.0937. The van der Waals surface area contributed by atoms with Gasteiger partial charge in [0.05, 0.1) is 24.7 Å². The molecule has 2 atom stereocenters. The Morgan fingerprint density at radius 3 is 2.61 bits per heavy atom. The van der Waals surface area contributed by atoms with Crippen LogP contribution in [-0.2, 0) is 21.6 Å². The third-order valence-corrected chi connectivity index (χ3v) is 6.07. The van der Waals surface area contributed by atoms with E-state index in [9.17, 15) is 9.59 Å². The smallest absolute Gasteiger partial charge is 0.410 e. The standard InChI is InChI=1S/C19H30N6O3/c1-13(26)23-9-15-16(10-23)28-18(27)24(15)14-5-7-22(8-6-14)11-17-20-12-21-25(17)19(2,3)4/h12,14-16H,5-11H2,1-4H3/t15-,16+/m1/s1. The van der Waals surface area contributed by atoms with Crippen LogP contribution in [0.4, 0.5) is 4.79 Å². The molecule has 0 radical (unpaired) electrons. The third-order valence-electron chi connectivity index (χ3n) is 6.07. The van der Waals surface area contributed by atoms with Gasteiger partial charge in [-0.05, 0) is 33.6 Å². The maximum atomic E-state index is 12.4. The van der Waals surface area contributed by atoms with Crippen LogP contribution < -0.4 is 0 Å². The average Bonchev–Trinajstić information content (AvgIpc) is 3.29. The average molecular weight is 390 g/mol. The van der Waals surface area contributed by atoms with Crippen LogP contribution in [0.3, 0.4) is 0 Å². The molecule has 1 aromatic rings. The van der Waals surface area contributed by atoms with Crippen LogP contribution in [0.25, 0.3) is 0 Å². The van der Waals surface area contributed by atoms with Crippen molar-refractivity contribution in [2.45, 2.75) is 70.8 Å². The van der Waals surface area contributed by atoms with Gasteiger partial charge in [0.1, 0.15) is 18.3 Å².